The summed E-state index contributed by atoms with van der Waals surface area (Å²) in [5.74, 6) is 0.489. The minimum Gasteiger partial charge on any atom is -0.399 e. The molecule has 1 aromatic carbocycles. The first kappa shape index (κ1) is 13.4. The molecule has 0 aliphatic rings. The molecule has 21 heavy (non-hydrogen) atoms. The van der Waals surface area contributed by atoms with Crippen molar-refractivity contribution in [3.63, 3.8) is 0 Å². The first-order valence-electron chi connectivity index (χ1n) is 6.22. The Hall–Kier alpha value is -2.60. The van der Waals surface area contributed by atoms with Gasteiger partial charge in [0.15, 0.2) is 5.65 Å². The summed E-state index contributed by atoms with van der Waals surface area (Å²) in [7, 11) is 0. The van der Waals surface area contributed by atoms with Crippen LogP contribution in [0.4, 0.5) is 11.4 Å². The fraction of sp³-hybridized carbons (Fsp3) is 0.0714. The van der Waals surface area contributed by atoms with Crippen LogP contribution in [0.5, 0.6) is 0 Å². The van der Waals surface area contributed by atoms with Crippen molar-refractivity contribution in [2.75, 3.05) is 11.1 Å². The van der Waals surface area contributed by atoms with Gasteiger partial charge >= 0.3 is 0 Å². The molecule has 0 fully saturated rings. The van der Waals surface area contributed by atoms with E-state index in [1.807, 2.05) is 6.92 Å². The van der Waals surface area contributed by atoms with Gasteiger partial charge in [0.2, 0.25) is 0 Å². The van der Waals surface area contributed by atoms with Crippen LogP contribution in [0.1, 0.15) is 16.2 Å². The standard InChI is InChI=1S/C14H12ClN5O/c1-8-18-19-13-6-9(4-5-20(8)13)14(21)17-12-3-2-10(16)7-11(12)15/h2-7H,16H2,1H3,(H,17,21). The fourth-order valence-corrected chi connectivity index (χ4v) is 2.22. The van der Waals surface area contributed by atoms with Crippen molar-refractivity contribution < 1.29 is 4.79 Å². The van der Waals surface area contributed by atoms with Crippen LogP contribution in [0.2, 0.25) is 5.02 Å². The predicted molar refractivity (Wildman–Crippen MR) is 81.5 cm³/mol. The lowest BCUT2D eigenvalue weighted by molar-refractivity contribution is 0.102. The van der Waals surface area contributed by atoms with Crippen molar-refractivity contribution in [2.45, 2.75) is 6.92 Å². The zero-order valence-electron chi connectivity index (χ0n) is 11.2. The number of anilines is 2. The minimum atomic E-state index is -0.273. The maximum Gasteiger partial charge on any atom is 0.255 e. The molecule has 1 amide bonds. The van der Waals surface area contributed by atoms with Crippen molar-refractivity contribution in [3.8, 4) is 0 Å². The number of amides is 1. The van der Waals surface area contributed by atoms with Gasteiger partial charge in [-0.1, -0.05) is 11.6 Å². The normalized spacial score (nSPS) is 10.8. The number of nitrogens with two attached hydrogens (primary N) is 1. The SMILES string of the molecule is Cc1nnc2cc(C(=O)Nc3ccc(N)cc3Cl)ccn12. The van der Waals surface area contributed by atoms with Crippen LogP contribution in [0, 0.1) is 6.92 Å². The molecule has 0 spiro atoms. The fourth-order valence-electron chi connectivity index (χ4n) is 1.98. The number of pyridine rings is 1. The number of aromatic nitrogens is 3. The molecule has 6 nitrogen and oxygen atoms in total. The highest BCUT2D eigenvalue weighted by Crippen LogP contribution is 2.24. The van der Waals surface area contributed by atoms with E-state index in [0.717, 1.165) is 5.82 Å². The van der Waals surface area contributed by atoms with E-state index in [9.17, 15) is 4.79 Å². The van der Waals surface area contributed by atoms with Gasteiger partial charge in [0.05, 0.1) is 10.7 Å². The Balaban J connectivity index is 1.89. The molecule has 0 aliphatic heterocycles. The van der Waals surface area contributed by atoms with E-state index in [1.165, 1.54) is 0 Å². The molecule has 0 unspecified atom stereocenters. The Bertz CT molecular complexity index is 842. The summed E-state index contributed by atoms with van der Waals surface area (Å²) in [5.41, 5.74) is 7.76. The van der Waals surface area contributed by atoms with Crippen LogP contribution >= 0.6 is 11.6 Å². The number of rotatable bonds is 2. The van der Waals surface area contributed by atoms with E-state index in [-0.39, 0.29) is 5.91 Å². The topological polar surface area (TPSA) is 85.3 Å². The molecule has 0 radical (unpaired) electrons. The first-order valence-corrected chi connectivity index (χ1v) is 6.60. The zero-order valence-corrected chi connectivity index (χ0v) is 11.9. The van der Waals surface area contributed by atoms with Crippen molar-refractivity contribution in [2.24, 2.45) is 0 Å². The molecule has 7 heteroatoms. The van der Waals surface area contributed by atoms with Gasteiger partial charge in [-0.25, -0.2) is 0 Å². The Morgan fingerprint density at radius 3 is 2.86 bits per heavy atom. The second kappa shape index (κ2) is 5.06. The summed E-state index contributed by atoms with van der Waals surface area (Å²) in [5, 5.41) is 11.1. The average molecular weight is 302 g/mol. The Morgan fingerprint density at radius 2 is 2.10 bits per heavy atom. The lowest BCUT2D eigenvalue weighted by Crippen LogP contribution is -2.12. The van der Waals surface area contributed by atoms with Crippen LogP contribution in [0.3, 0.4) is 0 Å². The van der Waals surface area contributed by atoms with Crippen molar-refractivity contribution in [1.29, 1.82) is 0 Å². The smallest absolute Gasteiger partial charge is 0.255 e. The third-order valence-electron chi connectivity index (χ3n) is 3.08. The highest BCUT2D eigenvalue weighted by Gasteiger charge is 2.11. The van der Waals surface area contributed by atoms with E-state index >= 15 is 0 Å². The van der Waals surface area contributed by atoms with Gasteiger partial charge in [-0.3, -0.25) is 9.20 Å². The number of hydrogen-bond donors (Lipinski definition) is 2. The number of fused-ring (bicyclic) bond motifs is 1. The van der Waals surface area contributed by atoms with Crippen LogP contribution in [-0.2, 0) is 0 Å². The molecule has 0 bridgehead atoms. The van der Waals surface area contributed by atoms with Crippen LogP contribution < -0.4 is 11.1 Å². The number of nitrogens with zero attached hydrogens (tertiary/aromatic N) is 3. The number of carbonyl (C=O) groups is 1. The second-order valence-corrected chi connectivity index (χ2v) is 4.99. The second-order valence-electron chi connectivity index (χ2n) is 4.58. The number of benzene rings is 1. The van der Waals surface area contributed by atoms with Gasteiger partial charge in [-0.2, -0.15) is 0 Å². The number of aryl methyl sites for hydroxylation is 1. The molecular weight excluding hydrogens is 290 g/mol. The number of nitrogen functional groups attached to an aromatic ring is 1. The number of halogens is 1. The average Bonchev–Trinajstić information content (AvgIpc) is 2.83. The van der Waals surface area contributed by atoms with Crippen molar-refractivity contribution in [3.05, 3.63) is 52.9 Å². The lowest BCUT2D eigenvalue weighted by Gasteiger charge is -2.08. The first-order chi connectivity index (χ1) is 10.0. The van der Waals surface area contributed by atoms with E-state index in [0.29, 0.717) is 27.6 Å². The predicted octanol–water partition coefficient (Wildman–Crippen LogP) is 2.53. The zero-order chi connectivity index (χ0) is 15.0. The molecule has 0 atom stereocenters. The summed E-state index contributed by atoms with van der Waals surface area (Å²) >= 11 is 6.04. The van der Waals surface area contributed by atoms with Gasteiger partial charge in [0.1, 0.15) is 5.82 Å². The largest absolute Gasteiger partial charge is 0.399 e. The van der Waals surface area contributed by atoms with Crippen LogP contribution in [0.15, 0.2) is 36.5 Å². The summed E-state index contributed by atoms with van der Waals surface area (Å²) in [4.78, 5) is 12.2. The summed E-state index contributed by atoms with van der Waals surface area (Å²) in [6, 6.07) is 8.29. The van der Waals surface area contributed by atoms with E-state index < -0.39 is 0 Å². The van der Waals surface area contributed by atoms with Gasteiger partial charge in [0, 0.05) is 17.4 Å². The highest BCUT2D eigenvalue weighted by molar-refractivity contribution is 6.34. The van der Waals surface area contributed by atoms with Gasteiger partial charge in [-0.15, -0.1) is 10.2 Å². The van der Waals surface area contributed by atoms with Gasteiger partial charge < -0.3 is 11.1 Å². The molecule has 3 N–H and O–H groups in total. The third kappa shape index (κ3) is 2.53. The number of carbonyl (C=O) groups excluding carboxylic acids is 1. The van der Waals surface area contributed by atoms with Gasteiger partial charge in [-0.05, 0) is 37.3 Å². The molecule has 106 valence electrons. The maximum atomic E-state index is 12.2. The van der Waals surface area contributed by atoms with E-state index in [2.05, 4.69) is 15.5 Å². The highest BCUT2D eigenvalue weighted by atomic mass is 35.5. The summed E-state index contributed by atoms with van der Waals surface area (Å²) < 4.78 is 1.80. The molecular formula is C14H12ClN5O. The van der Waals surface area contributed by atoms with Crippen molar-refractivity contribution in [1.82, 2.24) is 14.6 Å². The number of hydrogen-bond acceptors (Lipinski definition) is 4. The minimum absolute atomic E-state index is 0.273. The quantitative estimate of drug-likeness (QED) is 0.712. The molecule has 3 rings (SSSR count). The molecule has 0 saturated carbocycles. The Morgan fingerprint density at radius 1 is 1.29 bits per heavy atom. The van der Waals surface area contributed by atoms with Crippen molar-refractivity contribution >= 4 is 34.5 Å². The van der Waals surface area contributed by atoms with E-state index in [4.69, 9.17) is 17.3 Å². The van der Waals surface area contributed by atoms with E-state index in [1.54, 1.807) is 40.9 Å². The Labute approximate surface area is 125 Å². The number of nitrogens with one attached hydrogen (secondary N) is 1. The monoisotopic (exact) mass is 301 g/mol. The third-order valence-corrected chi connectivity index (χ3v) is 3.40. The van der Waals surface area contributed by atoms with Crippen LogP contribution in [0.25, 0.3) is 5.65 Å². The Kier molecular flexibility index (Phi) is 3.23. The summed E-state index contributed by atoms with van der Waals surface area (Å²) in [6.07, 6.45) is 1.75. The maximum absolute atomic E-state index is 12.2. The molecule has 2 heterocycles. The lowest BCUT2D eigenvalue weighted by atomic mass is 10.2. The van der Waals surface area contributed by atoms with Crippen LogP contribution in [-0.4, -0.2) is 20.5 Å². The molecule has 3 aromatic rings. The molecule has 0 saturated heterocycles. The van der Waals surface area contributed by atoms with Gasteiger partial charge in [0.25, 0.3) is 5.91 Å². The molecule has 2 aromatic heterocycles. The summed E-state index contributed by atoms with van der Waals surface area (Å²) in [6.45, 7) is 1.84. The molecule has 0 aliphatic carbocycles.